The summed E-state index contributed by atoms with van der Waals surface area (Å²) >= 11 is 2.16. The predicted molar refractivity (Wildman–Crippen MR) is 64.0 cm³/mol. The maximum atomic E-state index is 3.59. The van der Waals surface area contributed by atoms with E-state index in [2.05, 4.69) is 28.9 Å². The van der Waals surface area contributed by atoms with E-state index in [1.165, 1.54) is 51.2 Å². The van der Waals surface area contributed by atoms with Gasteiger partial charge in [0.2, 0.25) is 0 Å². The Balaban J connectivity index is 1.73. The summed E-state index contributed by atoms with van der Waals surface area (Å²) in [6.45, 7) is 7.47. The smallest absolute Gasteiger partial charge is 0.0195 e. The van der Waals surface area contributed by atoms with Gasteiger partial charge in [-0.3, -0.25) is 4.90 Å². The van der Waals surface area contributed by atoms with Crippen LogP contribution in [0, 0.1) is 0 Å². The number of hydrogen-bond acceptors (Lipinski definition) is 3. The summed E-state index contributed by atoms with van der Waals surface area (Å²) in [6, 6.07) is 0.788. The first-order valence-corrected chi connectivity index (χ1v) is 7.00. The Kier molecular flexibility index (Phi) is 4.14. The quantitative estimate of drug-likeness (QED) is 0.768. The highest BCUT2D eigenvalue weighted by Gasteiger charge is 2.22. The zero-order valence-electron chi connectivity index (χ0n) is 9.17. The third-order valence-corrected chi connectivity index (χ3v) is 4.69. The van der Waals surface area contributed by atoms with Crippen LogP contribution in [0.4, 0.5) is 0 Å². The second-order valence-electron chi connectivity index (χ2n) is 4.45. The SMILES string of the molecule is CCC1CN(C[C@@H]2CCCN2)CCS1. The molecule has 2 saturated heterocycles. The van der Waals surface area contributed by atoms with Crippen molar-refractivity contribution in [3.05, 3.63) is 0 Å². The minimum Gasteiger partial charge on any atom is -0.313 e. The summed E-state index contributed by atoms with van der Waals surface area (Å²) in [5, 5.41) is 4.48. The van der Waals surface area contributed by atoms with Crippen molar-refractivity contribution in [2.75, 3.05) is 31.9 Å². The van der Waals surface area contributed by atoms with Crippen LogP contribution in [0.25, 0.3) is 0 Å². The summed E-state index contributed by atoms with van der Waals surface area (Å²) < 4.78 is 0. The van der Waals surface area contributed by atoms with E-state index >= 15 is 0 Å². The van der Waals surface area contributed by atoms with Gasteiger partial charge in [-0.1, -0.05) is 6.92 Å². The number of thioether (sulfide) groups is 1. The molecule has 2 aliphatic rings. The minimum absolute atomic E-state index is 0.788. The van der Waals surface area contributed by atoms with E-state index in [9.17, 15) is 0 Å². The van der Waals surface area contributed by atoms with Crippen LogP contribution in [-0.4, -0.2) is 48.1 Å². The molecule has 14 heavy (non-hydrogen) atoms. The van der Waals surface area contributed by atoms with Crippen LogP contribution in [0.5, 0.6) is 0 Å². The van der Waals surface area contributed by atoms with E-state index in [-0.39, 0.29) is 0 Å². The van der Waals surface area contributed by atoms with Crippen LogP contribution < -0.4 is 5.32 Å². The van der Waals surface area contributed by atoms with E-state index in [0.29, 0.717) is 0 Å². The van der Waals surface area contributed by atoms with Gasteiger partial charge in [0, 0.05) is 36.7 Å². The lowest BCUT2D eigenvalue weighted by Gasteiger charge is -2.33. The monoisotopic (exact) mass is 214 g/mol. The van der Waals surface area contributed by atoms with Gasteiger partial charge in [0.25, 0.3) is 0 Å². The normalized spacial score (nSPS) is 34.9. The van der Waals surface area contributed by atoms with Crippen molar-refractivity contribution < 1.29 is 0 Å². The summed E-state index contributed by atoms with van der Waals surface area (Å²) in [4.78, 5) is 2.66. The number of hydrogen-bond donors (Lipinski definition) is 1. The highest BCUT2D eigenvalue weighted by atomic mass is 32.2. The number of rotatable bonds is 3. The summed E-state index contributed by atoms with van der Waals surface area (Å²) in [5.41, 5.74) is 0. The maximum Gasteiger partial charge on any atom is 0.0195 e. The van der Waals surface area contributed by atoms with Crippen molar-refractivity contribution in [1.82, 2.24) is 10.2 Å². The van der Waals surface area contributed by atoms with Gasteiger partial charge in [-0.05, 0) is 25.8 Å². The second kappa shape index (κ2) is 5.38. The molecule has 0 spiro atoms. The van der Waals surface area contributed by atoms with Crippen molar-refractivity contribution in [3.63, 3.8) is 0 Å². The van der Waals surface area contributed by atoms with Gasteiger partial charge in [-0.2, -0.15) is 11.8 Å². The zero-order chi connectivity index (χ0) is 9.80. The average Bonchev–Trinajstić information content (AvgIpc) is 2.71. The van der Waals surface area contributed by atoms with Crippen LogP contribution in [-0.2, 0) is 0 Å². The van der Waals surface area contributed by atoms with Gasteiger partial charge in [0.15, 0.2) is 0 Å². The van der Waals surface area contributed by atoms with Crippen LogP contribution in [0.3, 0.4) is 0 Å². The highest BCUT2D eigenvalue weighted by molar-refractivity contribution is 8.00. The molecule has 2 fully saturated rings. The molecule has 1 N–H and O–H groups in total. The molecular weight excluding hydrogens is 192 g/mol. The molecule has 0 aromatic heterocycles. The Morgan fingerprint density at radius 2 is 2.43 bits per heavy atom. The molecule has 0 radical (unpaired) electrons. The third kappa shape index (κ3) is 2.88. The van der Waals surface area contributed by atoms with Crippen molar-refractivity contribution >= 4 is 11.8 Å². The van der Waals surface area contributed by atoms with Gasteiger partial charge in [-0.25, -0.2) is 0 Å². The van der Waals surface area contributed by atoms with Crippen LogP contribution in [0.15, 0.2) is 0 Å². The molecule has 0 amide bonds. The van der Waals surface area contributed by atoms with Gasteiger partial charge in [-0.15, -0.1) is 0 Å². The highest BCUT2D eigenvalue weighted by Crippen LogP contribution is 2.21. The fraction of sp³-hybridized carbons (Fsp3) is 1.00. The van der Waals surface area contributed by atoms with E-state index < -0.39 is 0 Å². The Hall–Kier alpha value is 0.270. The molecule has 0 aliphatic carbocycles. The Morgan fingerprint density at radius 3 is 3.14 bits per heavy atom. The molecule has 2 aliphatic heterocycles. The average molecular weight is 214 g/mol. The van der Waals surface area contributed by atoms with E-state index in [0.717, 1.165) is 11.3 Å². The first-order valence-electron chi connectivity index (χ1n) is 5.96. The fourth-order valence-electron chi connectivity index (χ4n) is 2.42. The molecule has 3 heteroatoms. The molecule has 2 nitrogen and oxygen atoms in total. The largest absolute Gasteiger partial charge is 0.313 e. The maximum absolute atomic E-state index is 3.59. The minimum atomic E-state index is 0.788. The number of nitrogens with one attached hydrogen (secondary N) is 1. The van der Waals surface area contributed by atoms with E-state index in [1.54, 1.807) is 0 Å². The molecule has 1 unspecified atom stereocenters. The lowest BCUT2D eigenvalue weighted by Crippen LogP contribution is -2.44. The fourth-order valence-corrected chi connectivity index (χ4v) is 3.67. The summed E-state index contributed by atoms with van der Waals surface area (Å²) in [6.07, 6.45) is 4.10. The van der Waals surface area contributed by atoms with Crippen molar-refractivity contribution in [1.29, 1.82) is 0 Å². The molecule has 0 aromatic rings. The van der Waals surface area contributed by atoms with Crippen LogP contribution in [0.2, 0.25) is 0 Å². The zero-order valence-corrected chi connectivity index (χ0v) is 9.98. The van der Waals surface area contributed by atoms with Crippen LogP contribution in [0.1, 0.15) is 26.2 Å². The van der Waals surface area contributed by atoms with Gasteiger partial charge in [0.1, 0.15) is 0 Å². The second-order valence-corrected chi connectivity index (χ2v) is 5.86. The molecule has 0 bridgehead atoms. The molecule has 82 valence electrons. The van der Waals surface area contributed by atoms with Gasteiger partial charge < -0.3 is 5.32 Å². The summed E-state index contributed by atoms with van der Waals surface area (Å²) in [7, 11) is 0. The lowest BCUT2D eigenvalue weighted by atomic mass is 10.2. The van der Waals surface area contributed by atoms with Crippen molar-refractivity contribution in [2.45, 2.75) is 37.5 Å². The van der Waals surface area contributed by atoms with Gasteiger partial charge >= 0.3 is 0 Å². The van der Waals surface area contributed by atoms with E-state index in [4.69, 9.17) is 0 Å². The van der Waals surface area contributed by atoms with Crippen molar-refractivity contribution in [3.8, 4) is 0 Å². The topological polar surface area (TPSA) is 15.3 Å². The van der Waals surface area contributed by atoms with Crippen LogP contribution >= 0.6 is 11.8 Å². The lowest BCUT2D eigenvalue weighted by molar-refractivity contribution is 0.256. The molecule has 0 saturated carbocycles. The molecule has 0 aromatic carbocycles. The Labute approximate surface area is 91.8 Å². The molecule has 2 rings (SSSR count). The molecule has 2 heterocycles. The van der Waals surface area contributed by atoms with Gasteiger partial charge in [0.05, 0.1) is 0 Å². The molecular formula is C11H22N2S. The summed E-state index contributed by atoms with van der Waals surface area (Å²) in [5.74, 6) is 1.34. The predicted octanol–water partition coefficient (Wildman–Crippen LogP) is 1.57. The number of nitrogens with zero attached hydrogens (tertiary/aromatic N) is 1. The molecule has 2 atom stereocenters. The first kappa shape index (κ1) is 10.8. The van der Waals surface area contributed by atoms with Crippen molar-refractivity contribution in [2.24, 2.45) is 0 Å². The third-order valence-electron chi connectivity index (χ3n) is 3.32. The van der Waals surface area contributed by atoms with E-state index in [1.807, 2.05) is 0 Å². The Bertz CT molecular complexity index is 169. The standard InChI is InChI=1S/C11H22N2S/c1-2-11-9-13(6-7-14-11)8-10-4-3-5-12-10/h10-12H,2-9H2,1H3/t10-,11?/m0/s1. The first-order chi connectivity index (χ1) is 6.88. The Morgan fingerprint density at radius 1 is 1.50 bits per heavy atom.